The lowest BCUT2D eigenvalue weighted by Gasteiger charge is -2.12. The molecular weight excluding hydrogens is 218 g/mol. The van der Waals surface area contributed by atoms with Crippen molar-refractivity contribution in [1.82, 2.24) is 0 Å². The van der Waals surface area contributed by atoms with E-state index in [1.165, 1.54) is 27.8 Å². The van der Waals surface area contributed by atoms with Crippen LogP contribution in [0.5, 0.6) is 0 Å². The van der Waals surface area contributed by atoms with Gasteiger partial charge in [-0.15, -0.1) is 0 Å². The quantitative estimate of drug-likeness (QED) is 0.613. The van der Waals surface area contributed by atoms with E-state index in [9.17, 15) is 0 Å². The zero-order chi connectivity index (χ0) is 12.5. The Hall–Kier alpha value is -2.15. The lowest BCUT2D eigenvalue weighted by molar-refractivity contribution is 1.24. The van der Waals surface area contributed by atoms with Crippen LogP contribution in [0, 0.1) is 0 Å². The van der Waals surface area contributed by atoms with E-state index in [2.05, 4.69) is 61.0 Å². The van der Waals surface area contributed by atoms with Crippen LogP contribution in [-0.4, -0.2) is 6.21 Å². The van der Waals surface area contributed by atoms with Gasteiger partial charge in [0.25, 0.3) is 0 Å². The molecule has 0 amide bonds. The Labute approximate surface area is 108 Å². The number of aliphatic imine (C=N–C) groups is 1. The summed E-state index contributed by atoms with van der Waals surface area (Å²) in [6, 6.07) is 15.0. The zero-order valence-corrected chi connectivity index (χ0v) is 10.5. The number of hydrogen-bond donors (Lipinski definition) is 0. The second-order valence-corrected chi connectivity index (χ2v) is 4.57. The summed E-state index contributed by atoms with van der Waals surface area (Å²) in [5, 5.41) is 0. The highest BCUT2D eigenvalue weighted by Crippen LogP contribution is 2.32. The van der Waals surface area contributed by atoms with Gasteiger partial charge in [0, 0.05) is 11.8 Å². The Morgan fingerprint density at radius 2 is 1.94 bits per heavy atom. The molecular formula is C17H15N. The number of hydrogen-bond acceptors (Lipinski definition) is 1. The van der Waals surface area contributed by atoms with Gasteiger partial charge in [-0.1, -0.05) is 43.8 Å². The number of allylic oxidation sites excluding steroid dienone is 1. The first kappa shape index (κ1) is 11.0. The van der Waals surface area contributed by atoms with Gasteiger partial charge in [0.1, 0.15) is 0 Å². The molecule has 2 aromatic carbocycles. The molecule has 0 bridgehead atoms. The van der Waals surface area contributed by atoms with Gasteiger partial charge in [-0.25, -0.2) is 0 Å². The smallest absolute Gasteiger partial charge is 0.0723 e. The van der Waals surface area contributed by atoms with Crippen molar-refractivity contribution >= 4 is 17.5 Å². The normalized spacial score (nSPS) is 11.8. The fourth-order valence-electron chi connectivity index (χ4n) is 2.14. The molecule has 1 heterocycles. The van der Waals surface area contributed by atoms with Crippen molar-refractivity contribution in [1.29, 1.82) is 0 Å². The molecule has 0 N–H and O–H groups in total. The molecule has 1 nitrogen and oxygen atoms in total. The van der Waals surface area contributed by atoms with Crippen LogP contribution in [0.4, 0.5) is 5.69 Å². The monoisotopic (exact) mass is 233 g/mol. The Bertz CT molecular complexity index is 650. The van der Waals surface area contributed by atoms with Crippen LogP contribution in [-0.2, 0) is 0 Å². The predicted octanol–water partition coefficient (Wildman–Crippen LogP) is 4.84. The summed E-state index contributed by atoms with van der Waals surface area (Å²) < 4.78 is 0. The molecule has 0 saturated heterocycles. The number of nitrogens with zero attached hydrogens (tertiary/aromatic N) is 1. The van der Waals surface area contributed by atoms with Crippen LogP contribution < -0.4 is 0 Å². The minimum absolute atomic E-state index is 0.984. The van der Waals surface area contributed by atoms with Crippen LogP contribution in [0.2, 0.25) is 0 Å². The van der Waals surface area contributed by atoms with Gasteiger partial charge in [0.05, 0.1) is 5.69 Å². The molecule has 1 aliphatic heterocycles. The van der Waals surface area contributed by atoms with Crippen molar-refractivity contribution in [2.24, 2.45) is 4.99 Å². The summed E-state index contributed by atoms with van der Waals surface area (Å²) in [6.45, 7) is 6.23. The Morgan fingerprint density at radius 3 is 2.61 bits per heavy atom. The second kappa shape index (κ2) is 4.26. The topological polar surface area (TPSA) is 12.4 Å². The minimum Gasteiger partial charge on any atom is -0.255 e. The maximum absolute atomic E-state index is 4.25. The second-order valence-electron chi connectivity index (χ2n) is 4.57. The molecule has 2 aromatic rings. The predicted molar refractivity (Wildman–Crippen MR) is 78.5 cm³/mol. The summed E-state index contributed by atoms with van der Waals surface area (Å²) in [4.78, 5) is 4.25. The van der Waals surface area contributed by atoms with Gasteiger partial charge >= 0.3 is 0 Å². The minimum atomic E-state index is 0.984. The highest BCUT2D eigenvalue weighted by molar-refractivity contribution is 5.97. The molecule has 18 heavy (non-hydrogen) atoms. The van der Waals surface area contributed by atoms with Gasteiger partial charge in [-0.05, 0) is 40.8 Å². The Kier molecular flexibility index (Phi) is 2.60. The molecule has 1 aliphatic rings. The Balaban J connectivity index is 2.01. The standard InChI is InChI=1S/C17H15N/c1-3-12(2)13-5-4-6-14(9-13)15-7-8-16-11-18-17(16)10-15/h4-11H,2-3H2,1H3. The molecule has 0 saturated carbocycles. The number of rotatable bonds is 3. The average Bonchev–Trinajstić information content (AvgIpc) is 2.39. The Morgan fingerprint density at radius 1 is 1.11 bits per heavy atom. The molecule has 1 heteroatoms. The fraction of sp³-hybridized carbons (Fsp3) is 0.118. The van der Waals surface area contributed by atoms with Gasteiger partial charge < -0.3 is 0 Å². The average molecular weight is 233 g/mol. The number of fused-ring (bicyclic) bond motifs is 1. The molecule has 0 atom stereocenters. The van der Waals surface area contributed by atoms with Crippen LogP contribution in [0.25, 0.3) is 16.7 Å². The molecule has 0 aliphatic carbocycles. The summed E-state index contributed by atoms with van der Waals surface area (Å²) in [5.74, 6) is 0. The highest BCUT2D eigenvalue weighted by atomic mass is 14.8. The SMILES string of the molecule is C=C(CC)c1cccc(-c2ccc3c(c2)N=C3)c1. The molecule has 0 unspecified atom stereocenters. The van der Waals surface area contributed by atoms with Crippen molar-refractivity contribution in [3.63, 3.8) is 0 Å². The van der Waals surface area contributed by atoms with Gasteiger partial charge in [0.2, 0.25) is 0 Å². The van der Waals surface area contributed by atoms with E-state index in [-0.39, 0.29) is 0 Å². The molecule has 0 radical (unpaired) electrons. The summed E-state index contributed by atoms with van der Waals surface area (Å²) >= 11 is 0. The van der Waals surface area contributed by atoms with E-state index < -0.39 is 0 Å². The molecule has 0 aromatic heterocycles. The summed E-state index contributed by atoms with van der Waals surface area (Å²) in [6.07, 6.45) is 2.88. The summed E-state index contributed by atoms with van der Waals surface area (Å²) in [5.41, 5.74) is 7.17. The summed E-state index contributed by atoms with van der Waals surface area (Å²) in [7, 11) is 0. The first-order valence-corrected chi connectivity index (χ1v) is 6.24. The van der Waals surface area contributed by atoms with Crippen LogP contribution in [0.3, 0.4) is 0 Å². The van der Waals surface area contributed by atoms with E-state index in [1.54, 1.807) is 0 Å². The lowest BCUT2D eigenvalue weighted by Crippen LogP contribution is -1.92. The van der Waals surface area contributed by atoms with Crippen molar-refractivity contribution in [3.8, 4) is 11.1 Å². The third-order valence-electron chi connectivity index (χ3n) is 3.40. The molecule has 3 rings (SSSR count). The molecule has 0 spiro atoms. The van der Waals surface area contributed by atoms with Crippen molar-refractivity contribution in [2.75, 3.05) is 0 Å². The maximum atomic E-state index is 4.25. The first-order chi connectivity index (χ1) is 8.78. The van der Waals surface area contributed by atoms with E-state index in [0.29, 0.717) is 0 Å². The van der Waals surface area contributed by atoms with E-state index in [0.717, 1.165) is 12.1 Å². The molecule has 0 fully saturated rings. The van der Waals surface area contributed by atoms with Crippen molar-refractivity contribution < 1.29 is 0 Å². The first-order valence-electron chi connectivity index (χ1n) is 6.24. The molecule has 88 valence electrons. The maximum Gasteiger partial charge on any atom is 0.0723 e. The fourth-order valence-corrected chi connectivity index (χ4v) is 2.14. The number of benzene rings is 2. The largest absolute Gasteiger partial charge is 0.255 e. The lowest BCUT2D eigenvalue weighted by atomic mass is 9.97. The van der Waals surface area contributed by atoms with E-state index in [1.807, 2.05) is 6.21 Å². The van der Waals surface area contributed by atoms with Crippen LogP contribution in [0.1, 0.15) is 24.5 Å². The third-order valence-corrected chi connectivity index (χ3v) is 3.40. The van der Waals surface area contributed by atoms with Crippen LogP contribution in [0.15, 0.2) is 54.0 Å². The van der Waals surface area contributed by atoms with E-state index >= 15 is 0 Å². The zero-order valence-electron chi connectivity index (χ0n) is 10.5. The highest BCUT2D eigenvalue weighted by Gasteiger charge is 2.09. The van der Waals surface area contributed by atoms with E-state index in [4.69, 9.17) is 0 Å². The van der Waals surface area contributed by atoms with Gasteiger partial charge in [0.15, 0.2) is 0 Å². The van der Waals surface area contributed by atoms with Gasteiger partial charge in [-0.3, -0.25) is 4.99 Å². The third kappa shape index (κ3) is 1.78. The van der Waals surface area contributed by atoms with Gasteiger partial charge in [-0.2, -0.15) is 0 Å². The van der Waals surface area contributed by atoms with Crippen LogP contribution >= 0.6 is 0 Å². The van der Waals surface area contributed by atoms with Crippen molar-refractivity contribution in [3.05, 3.63) is 60.2 Å². The van der Waals surface area contributed by atoms with Crippen molar-refractivity contribution in [2.45, 2.75) is 13.3 Å².